The number of nitrogens with one attached hydrogen (secondary N) is 1. The molecule has 0 spiro atoms. The second-order valence-corrected chi connectivity index (χ2v) is 11.7. The van der Waals surface area contributed by atoms with Gasteiger partial charge in [-0.2, -0.15) is 0 Å². The first kappa shape index (κ1) is 29.9. The van der Waals surface area contributed by atoms with Gasteiger partial charge in [-0.1, -0.05) is 17.7 Å². The van der Waals surface area contributed by atoms with Crippen LogP contribution in [0.25, 0.3) is 22.2 Å². The summed E-state index contributed by atoms with van der Waals surface area (Å²) < 4.78 is 29.7. The number of anilines is 1. The van der Waals surface area contributed by atoms with Crippen molar-refractivity contribution < 1.29 is 23.2 Å². The highest BCUT2D eigenvalue weighted by Gasteiger charge is 2.20. The average Bonchev–Trinajstić information content (AvgIpc) is 2.92. The third kappa shape index (κ3) is 7.01. The van der Waals surface area contributed by atoms with Crippen molar-refractivity contribution in [2.45, 2.75) is 44.5 Å². The summed E-state index contributed by atoms with van der Waals surface area (Å²) in [4.78, 5) is 38.9. The van der Waals surface area contributed by atoms with E-state index in [4.69, 9.17) is 25.8 Å². The van der Waals surface area contributed by atoms with Gasteiger partial charge in [0.15, 0.2) is 0 Å². The molecule has 11 nitrogen and oxygen atoms in total. The highest BCUT2D eigenvalue weighted by atomic mass is 35.5. The average molecular weight is 600 g/mol. The highest BCUT2D eigenvalue weighted by Crippen LogP contribution is 2.38. The van der Waals surface area contributed by atoms with Crippen LogP contribution in [0.5, 0.6) is 11.5 Å². The Hall–Kier alpha value is -4.03. The molecule has 41 heavy (non-hydrogen) atoms. The first-order valence-electron chi connectivity index (χ1n) is 12.5. The molecular weight excluding hydrogens is 570 g/mol. The van der Waals surface area contributed by atoms with Gasteiger partial charge in [0.2, 0.25) is 5.16 Å². The Morgan fingerprint density at radius 3 is 2.44 bits per heavy atom. The minimum absolute atomic E-state index is 0.110. The van der Waals surface area contributed by atoms with Crippen molar-refractivity contribution in [3.63, 3.8) is 0 Å². The van der Waals surface area contributed by atoms with E-state index >= 15 is 0 Å². The third-order valence-electron chi connectivity index (χ3n) is 5.90. The van der Waals surface area contributed by atoms with Crippen LogP contribution in [0.3, 0.4) is 0 Å². The number of rotatable bonds is 8. The molecule has 13 heteroatoms. The van der Waals surface area contributed by atoms with Crippen molar-refractivity contribution in [2.24, 2.45) is 0 Å². The first-order valence-corrected chi connectivity index (χ1v) is 14.4. The molecule has 0 bridgehead atoms. The van der Waals surface area contributed by atoms with E-state index in [9.17, 15) is 13.8 Å². The topological polar surface area (TPSA) is 135 Å². The van der Waals surface area contributed by atoms with Crippen molar-refractivity contribution in [1.29, 1.82) is 0 Å². The third-order valence-corrected chi connectivity index (χ3v) is 7.00. The minimum atomic E-state index is -1.45. The molecule has 0 saturated heterocycles. The van der Waals surface area contributed by atoms with Gasteiger partial charge in [0.1, 0.15) is 28.6 Å². The zero-order valence-corrected chi connectivity index (χ0v) is 25.1. The molecule has 1 aromatic carbocycles. The summed E-state index contributed by atoms with van der Waals surface area (Å²) >= 11 is 6.63. The maximum atomic E-state index is 13.9. The maximum Gasteiger partial charge on any atom is 0.413 e. The lowest BCUT2D eigenvalue weighted by Gasteiger charge is -2.19. The molecule has 0 fully saturated rings. The SMILES string of the molecule is COc1cc(OC)c(Cl)c(-c2cc3cnc(S(C)=O)nc3n(CCc3ccc(NC(=O)OC(C)(C)C)nc3)c2=O)c1. The van der Waals surface area contributed by atoms with E-state index in [0.717, 1.165) is 5.56 Å². The van der Waals surface area contributed by atoms with Gasteiger partial charge in [-0.25, -0.2) is 19.7 Å². The summed E-state index contributed by atoms with van der Waals surface area (Å²) in [6.07, 6.45) is 4.40. The Labute approximate surface area is 244 Å². The molecule has 1 amide bonds. The minimum Gasteiger partial charge on any atom is -0.497 e. The van der Waals surface area contributed by atoms with Crippen LogP contribution >= 0.6 is 11.6 Å². The number of methoxy groups -OCH3 is 2. The lowest BCUT2D eigenvalue weighted by molar-refractivity contribution is 0.0635. The Bertz CT molecular complexity index is 1690. The van der Waals surface area contributed by atoms with E-state index in [1.54, 1.807) is 57.3 Å². The summed E-state index contributed by atoms with van der Waals surface area (Å²) in [6, 6.07) is 8.39. The second kappa shape index (κ2) is 12.2. The van der Waals surface area contributed by atoms with Crippen molar-refractivity contribution in [3.05, 3.63) is 63.7 Å². The van der Waals surface area contributed by atoms with Gasteiger partial charge in [0.25, 0.3) is 5.56 Å². The van der Waals surface area contributed by atoms with E-state index in [2.05, 4.69) is 20.3 Å². The molecule has 0 aliphatic heterocycles. The van der Waals surface area contributed by atoms with Crippen molar-refractivity contribution in [1.82, 2.24) is 19.5 Å². The highest BCUT2D eigenvalue weighted by molar-refractivity contribution is 7.84. The Morgan fingerprint density at radius 1 is 1.07 bits per heavy atom. The predicted molar refractivity (Wildman–Crippen MR) is 157 cm³/mol. The summed E-state index contributed by atoms with van der Waals surface area (Å²) in [5.41, 5.74) is 0.857. The molecule has 1 N–H and O–H groups in total. The number of pyridine rings is 2. The molecule has 0 aliphatic rings. The smallest absolute Gasteiger partial charge is 0.413 e. The quantitative estimate of drug-likeness (QED) is 0.282. The molecule has 4 rings (SSSR count). The van der Waals surface area contributed by atoms with Crippen LogP contribution in [0.15, 0.2) is 52.7 Å². The number of carbonyl (C=O) groups is 1. The van der Waals surface area contributed by atoms with Crippen LogP contribution in [0.1, 0.15) is 26.3 Å². The number of nitrogens with zero attached hydrogens (tertiary/aromatic N) is 4. The monoisotopic (exact) mass is 599 g/mol. The maximum absolute atomic E-state index is 13.9. The molecule has 216 valence electrons. The summed E-state index contributed by atoms with van der Waals surface area (Å²) in [5.74, 6) is 1.15. The summed E-state index contributed by atoms with van der Waals surface area (Å²) in [6.45, 7) is 5.53. The Kier molecular flexibility index (Phi) is 8.93. The lowest BCUT2D eigenvalue weighted by atomic mass is 10.0. The van der Waals surface area contributed by atoms with Crippen molar-refractivity contribution in [2.75, 3.05) is 25.8 Å². The Morgan fingerprint density at radius 2 is 1.83 bits per heavy atom. The fraction of sp³-hybridized carbons (Fsp3) is 0.321. The fourth-order valence-electron chi connectivity index (χ4n) is 4.01. The second-order valence-electron chi connectivity index (χ2n) is 10.0. The van der Waals surface area contributed by atoms with Gasteiger partial charge in [-0.3, -0.25) is 18.9 Å². The number of hydrogen-bond acceptors (Lipinski definition) is 9. The van der Waals surface area contributed by atoms with Crippen LogP contribution in [0, 0.1) is 0 Å². The predicted octanol–water partition coefficient (Wildman–Crippen LogP) is 4.85. The van der Waals surface area contributed by atoms with Gasteiger partial charge in [-0.15, -0.1) is 0 Å². The number of hydrogen-bond donors (Lipinski definition) is 1. The number of halogens is 1. The van der Waals surface area contributed by atoms with E-state index < -0.39 is 22.5 Å². The number of aryl methyl sites for hydroxylation is 2. The normalized spacial score (nSPS) is 12.2. The van der Waals surface area contributed by atoms with Gasteiger partial charge in [-0.05, 0) is 51.0 Å². The van der Waals surface area contributed by atoms with Gasteiger partial charge < -0.3 is 14.2 Å². The molecule has 1 atom stereocenters. The van der Waals surface area contributed by atoms with E-state index in [-0.39, 0.29) is 22.3 Å². The largest absolute Gasteiger partial charge is 0.497 e. The first-order chi connectivity index (χ1) is 19.4. The zero-order chi connectivity index (χ0) is 29.9. The molecule has 1 unspecified atom stereocenters. The molecule has 0 radical (unpaired) electrons. The molecular formula is C28H30ClN5O6S. The van der Waals surface area contributed by atoms with E-state index in [1.165, 1.54) is 31.2 Å². The van der Waals surface area contributed by atoms with E-state index in [0.29, 0.717) is 45.9 Å². The van der Waals surface area contributed by atoms with Gasteiger partial charge in [0, 0.05) is 47.8 Å². The lowest BCUT2D eigenvalue weighted by Crippen LogP contribution is -2.27. The number of fused-ring (bicyclic) bond motifs is 1. The Balaban J connectivity index is 1.73. The van der Waals surface area contributed by atoms with Gasteiger partial charge in [0.05, 0.1) is 30.0 Å². The van der Waals surface area contributed by atoms with Gasteiger partial charge >= 0.3 is 6.09 Å². The standard InChI is InChI=1S/C28H30ClN5O6S/c1-28(2,3)40-27(36)32-22-8-7-16(14-30-22)9-10-34-24-17(15-31-26(33-24)41(6)37)11-20(25(34)35)19-12-18(38-4)13-21(39-5)23(19)29/h7-8,11-15H,9-10H2,1-6H3,(H,30,32,36). The number of amides is 1. The zero-order valence-electron chi connectivity index (χ0n) is 23.5. The molecule has 0 saturated carbocycles. The number of ether oxygens (including phenoxy) is 3. The fourth-order valence-corrected chi connectivity index (χ4v) is 4.72. The van der Waals surface area contributed by atoms with Crippen LogP contribution in [0.4, 0.5) is 10.6 Å². The number of benzene rings is 1. The van der Waals surface area contributed by atoms with Crippen molar-refractivity contribution in [3.8, 4) is 22.6 Å². The van der Waals surface area contributed by atoms with Crippen LogP contribution < -0.4 is 20.3 Å². The molecule has 3 heterocycles. The van der Waals surface area contributed by atoms with E-state index in [1.807, 2.05) is 0 Å². The summed E-state index contributed by atoms with van der Waals surface area (Å²) in [5, 5.41) is 3.51. The molecule has 3 aromatic heterocycles. The molecule has 4 aromatic rings. The van der Waals surface area contributed by atoms with Crippen LogP contribution in [0.2, 0.25) is 5.02 Å². The van der Waals surface area contributed by atoms with Crippen LogP contribution in [-0.4, -0.2) is 55.9 Å². The number of aromatic nitrogens is 4. The van der Waals surface area contributed by atoms with Crippen molar-refractivity contribution >= 4 is 45.3 Å². The molecule has 0 aliphatic carbocycles. The van der Waals surface area contributed by atoms with Crippen LogP contribution in [-0.2, 0) is 28.5 Å². The number of carbonyl (C=O) groups excluding carboxylic acids is 1. The summed E-state index contributed by atoms with van der Waals surface area (Å²) in [7, 11) is 1.53.